The SMILES string of the molecule is COC(=O)Cc1cc([N+](=O)[O-])ccc1Oc1ccccc1Cl. The number of hydrogen-bond acceptors (Lipinski definition) is 5. The molecule has 0 saturated carbocycles. The van der Waals surface area contributed by atoms with Crippen molar-refractivity contribution >= 4 is 23.3 Å². The molecule has 2 aromatic carbocycles. The summed E-state index contributed by atoms with van der Waals surface area (Å²) in [6, 6.07) is 10.8. The Morgan fingerprint density at radius 1 is 1.23 bits per heavy atom. The Bertz CT molecular complexity index is 717. The van der Waals surface area contributed by atoms with Crippen molar-refractivity contribution in [2.24, 2.45) is 0 Å². The highest BCUT2D eigenvalue weighted by atomic mass is 35.5. The predicted octanol–water partition coefficient (Wildman–Crippen LogP) is 3.76. The van der Waals surface area contributed by atoms with Gasteiger partial charge in [0.25, 0.3) is 5.69 Å². The maximum absolute atomic E-state index is 11.5. The summed E-state index contributed by atoms with van der Waals surface area (Å²) in [6.45, 7) is 0. The highest BCUT2D eigenvalue weighted by Gasteiger charge is 2.16. The van der Waals surface area contributed by atoms with Gasteiger partial charge in [-0.25, -0.2) is 0 Å². The van der Waals surface area contributed by atoms with E-state index in [-0.39, 0.29) is 12.1 Å². The fraction of sp³-hybridized carbons (Fsp3) is 0.133. The predicted molar refractivity (Wildman–Crippen MR) is 80.3 cm³/mol. The first-order valence-electron chi connectivity index (χ1n) is 6.27. The summed E-state index contributed by atoms with van der Waals surface area (Å²) in [5, 5.41) is 11.3. The molecule has 0 aliphatic rings. The molecule has 0 fully saturated rings. The first kappa shape index (κ1) is 15.8. The summed E-state index contributed by atoms with van der Waals surface area (Å²) < 4.78 is 10.3. The number of para-hydroxylation sites is 1. The molecule has 0 spiro atoms. The number of hydrogen-bond donors (Lipinski definition) is 0. The van der Waals surface area contributed by atoms with Crippen LogP contribution >= 0.6 is 11.6 Å². The molecule has 7 heteroatoms. The van der Waals surface area contributed by atoms with Crippen molar-refractivity contribution in [3.05, 3.63) is 63.2 Å². The molecular weight excluding hydrogens is 310 g/mol. The highest BCUT2D eigenvalue weighted by Crippen LogP contribution is 2.33. The average Bonchev–Trinajstić information content (AvgIpc) is 2.50. The largest absolute Gasteiger partial charge is 0.469 e. The molecule has 22 heavy (non-hydrogen) atoms. The molecule has 0 unspecified atom stereocenters. The number of nitrogens with zero attached hydrogens (tertiary/aromatic N) is 1. The summed E-state index contributed by atoms with van der Waals surface area (Å²) in [5.41, 5.74) is 0.214. The zero-order chi connectivity index (χ0) is 16.1. The number of ether oxygens (including phenoxy) is 2. The van der Waals surface area contributed by atoms with Crippen molar-refractivity contribution < 1.29 is 19.2 Å². The van der Waals surface area contributed by atoms with Crippen molar-refractivity contribution in [1.82, 2.24) is 0 Å². The van der Waals surface area contributed by atoms with E-state index in [1.54, 1.807) is 24.3 Å². The summed E-state index contributed by atoms with van der Waals surface area (Å²) in [7, 11) is 1.24. The summed E-state index contributed by atoms with van der Waals surface area (Å²) in [5.74, 6) is 0.178. The van der Waals surface area contributed by atoms with Crippen LogP contribution < -0.4 is 4.74 Å². The van der Waals surface area contributed by atoms with Crippen LogP contribution in [0.25, 0.3) is 0 Å². The van der Waals surface area contributed by atoms with Crippen LogP contribution in [0.3, 0.4) is 0 Å². The van der Waals surface area contributed by atoms with Gasteiger partial charge >= 0.3 is 5.97 Å². The Balaban J connectivity index is 2.39. The quantitative estimate of drug-likeness (QED) is 0.476. The van der Waals surface area contributed by atoms with Gasteiger partial charge in [0.1, 0.15) is 11.5 Å². The molecule has 0 radical (unpaired) electrons. The molecular formula is C15H12ClNO5. The lowest BCUT2D eigenvalue weighted by atomic mass is 10.1. The van der Waals surface area contributed by atoms with E-state index in [9.17, 15) is 14.9 Å². The molecule has 0 saturated heterocycles. The van der Waals surface area contributed by atoms with Gasteiger partial charge in [-0.1, -0.05) is 23.7 Å². The Labute approximate surface area is 131 Å². The number of non-ortho nitro benzene ring substituents is 1. The first-order chi connectivity index (χ1) is 10.5. The van der Waals surface area contributed by atoms with Gasteiger partial charge in [0, 0.05) is 17.7 Å². The standard InChI is InChI=1S/C15H12ClNO5/c1-21-15(18)9-10-8-11(17(19)20)6-7-13(10)22-14-5-3-2-4-12(14)16/h2-8H,9H2,1H3. The zero-order valence-electron chi connectivity index (χ0n) is 11.6. The third-order valence-electron chi connectivity index (χ3n) is 2.87. The van der Waals surface area contributed by atoms with Crippen LogP contribution in [-0.2, 0) is 16.0 Å². The fourth-order valence-corrected chi connectivity index (χ4v) is 1.97. The van der Waals surface area contributed by atoms with Crippen molar-refractivity contribution in [1.29, 1.82) is 0 Å². The number of benzene rings is 2. The van der Waals surface area contributed by atoms with Gasteiger partial charge in [0.15, 0.2) is 0 Å². The van der Waals surface area contributed by atoms with Crippen LogP contribution in [-0.4, -0.2) is 18.0 Å². The Morgan fingerprint density at radius 2 is 1.95 bits per heavy atom. The van der Waals surface area contributed by atoms with Crippen molar-refractivity contribution in [2.45, 2.75) is 6.42 Å². The third kappa shape index (κ3) is 3.73. The molecule has 2 rings (SSSR count). The number of esters is 1. The van der Waals surface area contributed by atoms with Crippen LogP contribution in [0.15, 0.2) is 42.5 Å². The maximum Gasteiger partial charge on any atom is 0.310 e. The van der Waals surface area contributed by atoms with Crippen LogP contribution in [0.4, 0.5) is 5.69 Å². The van der Waals surface area contributed by atoms with Gasteiger partial charge in [-0.15, -0.1) is 0 Å². The molecule has 0 aliphatic heterocycles. The first-order valence-corrected chi connectivity index (χ1v) is 6.65. The smallest absolute Gasteiger partial charge is 0.310 e. The maximum atomic E-state index is 11.5. The van der Waals surface area contributed by atoms with Gasteiger partial charge < -0.3 is 9.47 Å². The third-order valence-corrected chi connectivity index (χ3v) is 3.19. The lowest BCUT2D eigenvalue weighted by molar-refractivity contribution is -0.384. The number of carbonyl (C=O) groups is 1. The van der Waals surface area contributed by atoms with E-state index in [1.165, 1.54) is 25.3 Å². The van der Waals surface area contributed by atoms with Gasteiger partial charge in [-0.05, 0) is 18.2 Å². The van der Waals surface area contributed by atoms with E-state index in [4.69, 9.17) is 16.3 Å². The van der Waals surface area contributed by atoms with Crippen LogP contribution in [0.1, 0.15) is 5.56 Å². The molecule has 0 bridgehead atoms. The number of nitro benzene ring substituents is 1. The monoisotopic (exact) mass is 321 g/mol. The molecule has 0 heterocycles. The second-order valence-electron chi connectivity index (χ2n) is 4.33. The van der Waals surface area contributed by atoms with E-state index in [1.807, 2.05) is 0 Å². The Morgan fingerprint density at radius 3 is 2.59 bits per heavy atom. The van der Waals surface area contributed by atoms with E-state index in [2.05, 4.69) is 4.74 Å². The number of methoxy groups -OCH3 is 1. The normalized spacial score (nSPS) is 10.1. The molecule has 0 N–H and O–H groups in total. The van der Waals surface area contributed by atoms with Gasteiger partial charge in [0.05, 0.1) is 23.5 Å². The second kappa shape index (κ2) is 6.91. The molecule has 2 aromatic rings. The number of rotatable bonds is 5. The van der Waals surface area contributed by atoms with Crippen LogP contribution in [0, 0.1) is 10.1 Å². The number of carbonyl (C=O) groups excluding carboxylic acids is 1. The van der Waals surface area contributed by atoms with Crippen LogP contribution in [0.2, 0.25) is 5.02 Å². The van der Waals surface area contributed by atoms with Crippen LogP contribution in [0.5, 0.6) is 11.5 Å². The fourth-order valence-electron chi connectivity index (χ4n) is 1.79. The second-order valence-corrected chi connectivity index (χ2v) is 4.74. The van der Waals surface area contributed by atoms with E-state index in [0.717, 1.165) is 0 Å². The van der Waals surface area contributed by atoms with Gasteiger partial charge in [0.2, 0.25) is 0 Å². The average molecular weight is 322 g/mol. The highest BCUT2D eigenvalue weighted by molar-refractivity contribution is 6.32. The Hall–Kier alpha value is -2.60. The number of nitro groups is 1. The van der Waals surface area contributed by atoms with Crippen molar-refractivity contribution in [3.8, 4) is 11.5 Å². The molecule has 0 atom stereocenters. The molecule has 0 amide bonds. The topological polar surface area (TPSA) is 78.7 Å². The van der Waals surface area contributed by atoms with Gasteiger partial charge in [-0.2, -0.15) is 0 Å². The minimum absolute atomic E-state index is 0.134. The van der Waals surface area contributed by atoms with E-state index < -0.39 is 10.9 Å². The van der Waals surface area contributed by atoms with Crippen molar-refractivity contribution in [3.63, 3.8) is 0 Å². The molecule has 114 valence electrons. The molecule has 0 aliphatic carbocycles. The Kier molecular flexibility index (Phi) is 4.95. The lowest BCUT2D eigenvalue weighted by Gasteiger charge is -2.11. The summed E-state index contributed by atoms with van der Waals surface area (Å²) in [4.78, 5) is 21.8. The van der Waals surface area contributed by atoms with E-state index in [0.29, 0.717) is 22.1 Å². The van der Waals surface area contributed by atoms with E-state index >= 15 is 0 Å². The minimum Gasteiger partial charge on any atom is -0.469 e. The van der Waals surface area contributed by atoms with Gasteiger partial charge in [-0.3, -0.25) is 14.9 Å². The molecule has 6 nitrogen and oxygen atoms in total. The number of halogens is 1. The van der Waals surface area contributed by atoms with Crippen molar-refractivity contribution in [2.75, 3.05) is 7.11 Å². The summed E-state index contributed by atoms with van der Waals surface area (Å²) in [6.07, 6.45) is -0.141. The summed E-state index contributed by atoms with van der Waals surface area (Å²) >= 11 is 6.02. The molecule has 0 aromatic heterocycles. The lowest BCUT2D eigenvalue weighted by Crippen LogP contribution is -2.06. The minimum atomic E-state index is -0.542. The zero-order valence-corrected chi connectivity index (χ0v) is 12.4.